The van der Waals surface area contributed by atoms with Crippen molar-refractivity contribution in [3.05, 3.63) is 40.5 Å². The second-order valence-corrected chi connectivity index (χ2v) is 3.23. The summed E-state index contributed by atoms with van der Waals surface area (Å²) in [5, 5.41) is 13.6. The molecule has 0 atom stereocenters. The van der Waals surface area contributed by atoms with Gasteiger partial charge in [-0.15, -0.1) is 4.91 Å². The average molecular weight is 210 g/mol. The summed E-state index contributed by atoms with van der Waals surface area (Å²) in [6, 6.07) is 4.99. The van der Waals surface area contributed by atoms with E-state index in [0.717, 1.165) is 4.73 Å². The van der Waals surface area contributed by atoms with E-state index in [0.29, 0.717) is 15.8 Å². The maximum Gasteiger partial charge on any atom is 0.241 e. The van der Waals surface area contributed by atoms with Crippen LogP contribution in [0, 0.1) is 4.91 Å². The molecule has 1 aromatic heterocycles. The summed E-state index contributed by atoms with van der Waals surface area (Å²) in [6.07, 6.45) is 2.76. The molecule has 0 bridgehead atoms. The summed E-state index contributed by atoms with van der Waals surface area (Å²) in [5.74, 6) is 0. The maximum atomic E-state index is 10.5. The van der Waals surface area contributed by atoms with Crippen molar-refractivity contribution in [1.29, 1.82) is 0 Å². The third-order valence-corrected chi connectivity index (χ3v) is 2.22. The number of nitroso groups, excluding NO2 is 1. The summed E-state index contributed by atoms with van der Waals surface area (Å²) < 4.78 is 0.846. The van der Waals surface area contributed by atoms with Crippen LogP contribution in [0.5, 0.6) is 0 Å². The number of pyridine rings is 1. The van der Waals surface area contributed by atoms with Crippen LogP contribution in [0.15, 0.2) is 35.8 Å². The number of benzene rings is 1. The molecule has 2 aromatic rings. The van der Waals surface area contributed by atoms with Gasteiger partial charge in [-0.1, -0.05) is 17.7 Å². The zero-order valence-electron chi connectivity index (χ0n) is 7.01. The van der Waals surface area contributed by atoms with E-state index in [1.807, 2.05) is 0 Å². The molecule has 70 valence electrons. The Morgan fingerprint density at radius 3 is 2.86 bits per heavy atom. The zero-order chi connectivity index (χ0) is 10.1. The van der Waals surface area contributed by atoms with Gasteiger partial charge >= 0.3 is 0 Å². The summed E-state index contributed by atoms with van der Waals surface area (Å²) in [5.41, 5.74) is 0.271. The fraction of sp³-hybridized carbons (Fsp3) is 0. The summed E-state index contributed by atoms with van der Waals surface area (Å²) >= 11 is 5.87. The molecule has 0 radical (unpaired) electrons. The first kappa shape index (κ1) is 8.90. The minimum atomic E-state index is 0.271. The van der Waals surface area contributed by atoms with E-state index in [4.69, 9.17) is 11.6 Å². The molecule has 1 heterocycles. The Bertz CT molecular complexity index is 513. The van der Waals surface area contributed by atoms with Crippen molar-refractivity contribution in [2.24, 2.45) is 5.18 Å². The lowest BCUT2D eigenvalue weighted by molar-refractivity contribution is -0.903. The molecule has 0 unspecified atom stereocenters. The van der Waals surface area contributed by atoms with Crippen LogP contribution >= 0.6 is 11.6 Å². The first-order valence-corrected chi connectivity index (χ1v) is 4.26. The predicted molar refractivity (Wildman–Crippen MR) is 51.8 cm³/mol. The Kier molecular flexibility index (Phi) is 2.05. The van der Waals surface area contributed by atoms with Crippen molar-refractivity contribution in [2.45, 2.75) is 0 Å². The molecule has 0 fully saturated rings. The van der Waals surface area contributed by atoms with E-state index < -0.39 is 0 Å². The van der Waals surface area contributed by atoms with E-state index in [2.05, 4.69) is 5.18 Å². The molecule has 0 amide bonds. The van der Waals surface area contributed by atoms with Gasteiger partial charge in [-0.05, 0) is 17.3 Å². The second kappa shape index (κ2) is 3.23. The lowest BCUT2D eigenvalue weighted by Crippen LogP contribution is -2.28. The van der Waals surface area contributed by atoms with Gasteiger partial charge < -0.3 is 0 Å². The van der Waals surface area contributed by atoms with Gasteiger partial charge in [-0.25, -0.2) is 0 Å². The quantitative estimate of drug-likeness (QED) is 0.446. The first-order chi connectivity index (χ1) is 6.72. The van der Waals surface area contributed by atoms with Crippen molar-refractivity contribution >= 4 is 28.1 Å². The summed E-state index contributed by atoms with van der Waals surface area (Å²) in [6.45, 7) is 0. The van der Waals surface area contributed by atoms with Gasteiger partial charge in [0, 0.05) is 10.1 Å². The van der Waals surface area contributed by atoms with Crippen LogP contribution in [0.3, 0.4) is 0 Å². The van der Waals surface area contributed by atoms with Crippen LogP contribution in [0.25, 0.3) is 10.8 Å². The van der Waals surface area contributed by atoms with Gasteiger partial charge in [0.1, 0.15) is 10.7 Å². The number of nitrogens with zero attached hydrogens (tertiary/aromatic N) is 2. The molecule has 2 rings (SSSR count). The second-order valence-electron chi connectivity index (χ2n) is 2.82. The molecule has 0 saturated carbocycles. The number of fused-ring (bicyclic) bond motifs is 1. The number of halogens is 1. The van der Waals surface area contributed by atoms with Gasteiger partial charge in [0.05, 0.1) is 5.39 Å². The molecule has 0 aliphatic rings. The lowest BCUT2D eigenvalue weighted by atomic mass is 10.1. The van der Waals surface area contributed by atoms with E-state index in [9.17, 15) is 10.1 Å². The Balaban J connectivity index is 2.93. The molecule has 0 aliphatic heterocycles. The smallest absolute Gasteiger partial charge is 0.241 e. The minimum absolute atomic E-state index is 0.271. The highest BCUT2D eigenvalue weighted by molar-refractivity contribution is 6.36. The Labute approximate surface area is 84.3 Å². The minimum Gasteiger partial charge on any atom is -0.285 e. The average Bonchev–Trinajstić information content (AvgIpc) is 2.16. The standard InChI is InChI=1S/C9H6ClN2O2/c10-7-5-12(14)4-6-2-1-3-8(11-13)9(6)7/h1-5,14H/q+1. The Morgan fingerprint density at radius 2 is 2.14 bits per heavy atom. The van der Waals surface area contributed by atoms with Gasteiger partial charge in [0.2, 0.25) is 12.4 Å². The van der Waals surface area contributed by atoms with Crippen molar-refractivity contribution in [3.63, 3.8) is 0 Å². The number of hydrogen-bond acceptors (Lipinski definition) is 3. The SMILES string of the molecule is O=Nc1cccc2c[n+](O)cc(Cl)c12. The zero-order valence-corrected chi connectivity index (χ0v) is 7.77. The molecule has 0 spiro atoms. The van der Waals surface area contributed by atoms with E-state index in [1.54, 1.807) is 18.2 Å². The number of rotatable bonds is 1. The summed E-state index contributed by atoms with van der Waals surface area (Å²) in [7, 11) is 0. The van der Waals surface area contributed by atoms with Crippen molar-refractivity contribution in [2.75, 3.05) is 0 Å². The van der Waals surface area contributed by atoms with E-state index in [1.165, 1.54) is 12.4 Å². The third-order valence-electron chi connectivity index (χ3n) is 1.93. The van der Waals surface area contributed by atoms with Crippen LogP contribution in [-0.4, -0.2) is 5.21 Å². The van der Waals surface area contributed by atoms with Crippen molar-refractivity contribution in [1.82, 2.24) is 0 Å². The van der Waals surface area contributed by atoms with E-state index >= 15 is 0 Å². The number of hydrogen-bond donors (Lipinski definition) is 1. The third kappa shape index (κ3) is 1.29. The van der Waals surface area contributed by atoms with E-state index in [-0.39, 0.29) is 5.69 Å². The molecular weight excluding hydrogens is 204 g/mol. The van der Waals surface area contributed by atoms with Crippen LogP contribution in [0.2, 0.25) is 5.02 Å². The monoisotopic (exact) mass is 209 g/mol. The molecule has 0 aliphatic carbocycles. The molecule has 4 nitrogen and oxygen atoms in total. The van der Waals surface area contributed by atoms with Crippen molar-refractivity contribution in [3.8, 4) is 0 Å². The highest BCUT2D eigenvalue weighted by atomic mass is 35.5. The van der Waals surface area contributed by atoms with Gasteiger partial charge in [-0.2, -0.15) is 0 Å². The van der Waals surface area contributed by atoms with Crippen LogP contribution in [0.1, 0.15) is 0 Å². The van der Waals surface area contributed by atoms with Crippen molar-refractivity contribution < 1.29 is 9.94 Å². The Hall–Kier alpha value is -1.68. The van der Waals surface area contributed by atoms with Gasteiger partial charge in [0.25, 0.3) is 0 Å². The molecule has 14 heavy (non-hydrogen) atoms. The van der Waals surface area contributed by atoms with Crippen LogP contribution in [0.4, 0.5) is 5.69 Å². The fourth-order valence-electron chi connectivity index (χ4n) is 1.36. The van der Waals surface area contributed by atoms with Crippen LogP contribution < -0.4 is 4.73 Å². The van der Waals surface area contributed by atoms with Gasteiger partial charge in [0.15, 0.2) is 0 Å². The molecular formula is C9H6ClN2O2+. The topological polar surface area (TPSA) is 53.5 Å². The lowest BCUT2D eigenvalue weighted by Gasteiger charge is -1.98. The first-order valence-electron chi connectivity index (χ1n) is 3.88. The van der Waals surface area contributed by atoms with Gasteiger partial charge in [-0.3, -0.25) is 5.21 Å². The Morgan fingerprint density at radius 1 is 1.36 bits per heavy atom. The fourth-order valence-corrected chi connectivity index (χ4v) is 1.67. The largest absolute Gasteiger partial charge is 0.285 e. The predicted octanol–water partition coefficient (Wildman–Crippen LogP) is 2.42. The molecule has 0 saturated heterocycles. The molecule has 5 heteroatoms. The molecule has 1 aromatic carbocycles. The normalized spacial score (nSPS) is 10.4. The summed E-state index contributed by atoms with van der Waals surface area (Å²) in [4.78, 5) is 10.5. The number of aromatic nitrogens is 1. The maximum absolute atomic E-state index is 10.5. The highest BCUT2D eigenvalue weighted by Crippen LogP contribution is 2.30. The highest BCUT2D eigenvalue weighted by Gasteiger charge is 2.11. The van der Waals surface area contributed by atoms with Crippen LogP contribution in [-0.2, 0) is 0 Å². The molecule has 1 N–H and O–H groups in total.